The fraction of sp³-hybridized carbons (Fsp3) is 0.400. The third kappa shape index (κ3) is 1.45. The van der Waals surface area contributed by atoms with E-state index in [1.54, 1.807) is 0 Å². The molecule has 0 amide bonds. The molecule has 1 aromatic carbocycles. The number of hydrogen-bond donors (Lipinski definition) is 1. The van der Waals surface area contributed by atoms with Crippen LogP contribution in [0.5, 0.6) is 0 Å². The smallest absolute Gasteiger partial charge is 0.267 e. The van der Waals surface area contributed by atoms with Crippen molar-refractivity contribution in [1.82, 2.24) is 0 Å². The van der Waals surface area contributed by atoms with E-state index in [1.807, 2.05) is 0 Å². The van der Waals surface area contributed by atoms with E-state index in [-0.39, 0.29) is 11.6 Å². The van der Waals surface area contributed by atoms with Crippen molar-refractivity contribution in [2.75, 3.05) is 5.73 Å². The molecule has 4 heteroatoms. The highest BCUT2D eigenvalue weighted by Gasteiger charge is 2.31. The molecule has 0 unspecified atom stereocenters. The van der Waals surface area contributed by atoms with Gasteiger partial charge >= 0.3 is 0 Å². The monoisotopic (exact) mass is 201 g/mol. The summed E-state index contributed by atoms with van der Waals surface area (Å²) in [6, 6.07) is 2.87. The summed E-state index contributed by atoms with van der Waals surface area (Å²) in [4.78, 5) is 0. The number of rotatable bonds is 2. The van der Waals surface area contributed by atoms with Crippen molar-refractivity contribution >= 4 is 5.69 Å². The van der Waals surface area contributed by atoms with Crippen LogP contribution in [-0.4, -0.2) is 0 Å². The Hall–Kier alpha value is -1.19. The molecule has 0 radical (unpaired) electrons. The molecule has 14 heavy (non-hydrogen) atoms. The summed E-state index contributed by atoms with van der Waals surface area (Å²) in [5.74, 6) is -0.849. The molecule has 1 nitrogen and oxygen atoms in total. The Bertz CT molecular complexity index is 359. The number of halogens is 3. The number of nitrogen functional groups attached to an aromatic ring is 1. The van der Waals surface area contributed by atoms with Crippen LogP contribution < -0.4 is 5.73 Å². The lowest BCUT2D eigenvalue weighted by atomic mass is 10.0. The molecule has 0 bridgehead atoms. The Labute approximate surface area is 79.7 Å². The van der Waals surface area contributed by atoms with Gasteiger partial charge in [0.15, 0.2) is 5.82 Å². The predicted octanol–water partition coefficient (Wildman–Crippen LogP) is 3.22. The normalized spacial score (nSPS) is 16.3. The van der Waals surface area contributed by atoms with Crippen LogP contribution in [0, 0.1) is 5.82 Å². The highest BCUT2D eigenvalue weighted by atomic mass is 19.3. The molecule has 1 aliphatic rings. The van der Waals surface area contributed by atoms with E-state index in [2.05, 4.69) is 0 Å². The number of alkyl halides is 2. The van der Waals surface area contributed by atoms with Gasteiger partial charge < -0.3 is 5.73 Å². The van der Waals surface area contributed by atoms with E-state index in [4.69, 9.17) is 5.73 Å². The zero-order chi connectivity index (χ0) is 10.3. The fourth-order valence-corrected chi connectivity index (χ4v) is 1.60. The van der Waals surface area contributed by atoms with E-state index >= 15 is 0 Å². The maximum absolute atomic E-state index is 13.3. The van der Waals surface area contributed by atoms with Crippen molar-refractivity contribution in [3.63, 3.8) is 0 Å². The van der Waals surface area contributed by atoms with Crippen LogP contribution >= 0.6 is 0 Å². The van der Waals surface area contributed by atoms with Crippen LogP contribution in [0.15, 0.2) is 12.1 Å². The summed E-state index contributed by atoms with van der Waals surface area (Å²) >= 11 is 0. The lowest BCUT2D eigenvalue weighted by molar-refractivity contribution is 0.145. The predicted molar refractivity (Wildman–Crippen MR) is 47.7 cm³/mol. The molecule has 0 heterocycles. The summed E-state index contributed by atoms with van der Waals surface area (Å²) in [6.45, 7) is 0. The molecule has 1 fully saturated rings. The third-order valence-corrected chi connectivity index (χ3v) is 2.48. The maximum atomic E-state index is 13.3. The third-order valence-electron chi connectivity index (χ3n) is 2.48. The van der Waals surface area contributed by atoms with Gasteiger partial charge in [-0.15, -0.1) is 0 Å². The molecule has 0 spiro atoms. The lowest BCUT2D eigenvalue weighted by Crippen LogP contribution is -2.01. The quantitative estimate of drug-likeness (QED) is 0.730. The van der Waals surface area contributed by atoms with Crippen LogP contribution in [0.25, 0.3) is 0 Å². The summed E-state index contributed by atoms with van der Waals surface area (Å²) in [5, 5.41) is 0. The number of anilines is 1. The summed E-state index contributed by atoms with van der Waals surface area (Å²) < 4.78 is 38.4. The average molecular weight is 201 g/mol. The number of hydrogen-bond acceptors (Lipinski definition) is 1. The summed E-state index contributed by atoms with van der Waals surface area (Å²) in [5.41, 5.74) is 4.95. The first-order valence-electron chi connectivity index (χ1n) is 4.47. The van der Waals surface area contributed by atoms with Crippen LogP contribution in [0.4, 0.5) is 18.9 Å². The van der Waals surface area contributed by atoms with Crippen molar-refractivity contribution in [2.24, 2.45) is 0 Å². The second-order valence-electron chi connectivity index (χ2n) is 3.55. The molecule has 0 aromatic heterocycles. The second kappa shape index (κ2) is 3.19. The van der Waals surface area contributed by atoms with E-state index in [0.717, 1.165) is 12.8 Å². The van der Waals surface area contributed by atoms with Crippen LogP contribution in [0.2, 0.25) is 0 Å². The highest BCUT2D eigenvalue weighted by Crippen LogP contribution is 2.45. The Morgan fingerprint density at radius 1 is 1.29 bits per heavy atom. The Morgan fingerprint density at radius 2 is 1.93 bits per heavy atom. The van der Waals surface area contributed by atoms with Gasteiger partial charge in [0.25, 0.3) is 6.43 Å². The highest BCUT2D eigenvalue weighted by molar-refractivity contribution is 5.49. The van der Waals surface area contributed by atoms with Gasteiger partial charge in [0.05, 0.1) is 11.3 Å². The second-order valence-corrected chi connectivity index (χ2v) is 3.55. The number of nitrogens with two attached hydrogens (primary N) is 1. The minimum absolute atomic E-state index is 0.106. The zero-order valence-corrected chi connectivity index (χ0v) is 7.43. The van der Waals surface area contributed by atoms with Crippen molar-refractivity contribution < 1.29 is 13.2 Å². The standard InChI is InChI=1S/C10H10F3N/c11-9-7(14)4-3-6(5-1-2-5)8(9)10(12)13/h3-5,10H,1-2,14H2. The van der Waals surface area contributed by atoms with Gasteiger partial charge in [-0.3, -0.25) is 0 Å². The minimum Gasteiger partial charge on any atom is -0.396 e. The SMILES string of the molecule is Nc1ccc(C2CC2)c(C(F)F)c1F. The van der Waals surface area contributed by atoms with Gasteiger partial charge in [-0.1, -0.05) is 6.07 Å². The molecule has 0 saturated heterocycles. The number of benzene rings is 1. The van der Waals surface area contributed by atoms with Gasteiger partial charge in [-0.25, -0.2) is 13.2 Å². The molecular weight excluding hydrogens is 191 g/mol. The van der Waals surface area contributed by atoms with Crippen molar-refractivity contribution in [3.05, 3.63) is 29.1 Å². The molecule has 1 aromatic rings. The van der Waals surface area contributed by atoms with Gasteiger partial charge in [-0.05, 0) is 30.4 Å². The van der Waals surface area contributed by atoms with Crippen LogP contribution in [0.1, 0.15) is 36.3 Å². The Balaban J connectivity index is 2.53. The van der Waals surface area contributed by atoms with Crippen molar-refractivity contribution in [1.29, 1.82) is 0 Å². The van der Waals surface area contributed by atoms with Crippen LogP contribution in [-0.2, 0) is 0 Å². The molecule has 0 aliphatic heterocycles. The largest absolute Gasteiger partial charge is 0.396 e. The molecule has 2 N–H and O–H groups in total. The molecule has 1 saturated carbocycles. The van der Waals surface area contributed by atoms with Gasteiger partial charge in [0.1, 0.15) is 0 Å². The Kier molecular flexibility index (Phi) is 2.13. The summed E-state index contributed by atoms with van der Waals surface area (Å²) in [7, 11) is 0. The first-order chi connectivity index (χ1) is 6.61. The fourth-order valence-electron chi connectivity index (χ4n) is 1.60. The van der Waals surface area contributed by atoms with E-state index in [9.17, 15) is 13.2 Å². The van der Waals surface area contributed by atoms with E-state index < -0.39 is 17.8 Å². The molecule has 0 atom stereocenters. The Morgan fingerprint density at radius 3 is 2.43 bits per heavy atom. The molecule has 76 valence electrons. The van der Waals surface area contributed by atoms with E-state index in [0.29, 0.717) is 5.56 Å². The zero-order valence-electron chi connectivity index (χ0n) is 7.43. The summed E-state index contributed by atoms with van der Waals surface area (Å²) in [6.07, 6.45) is -1.05. The maximum Gasteiger partial charge on any atom is 0.267 e. The molecular formula is C10H10F3N. The molecule has 1 aliphatic carbocycles. The van der Waals surface area contributed by atoms with Crippen molar-refractivity contribution in [2.45, 2.75) is 25.2 Å². The van der Waals surface area contributed by atoms with Crippen LogP contribution in [0.3, 0.4) is 0 Å². The van der Waals surface area contributed by atoms with Crippen molar-refractivity contribution in [3.8, 4) is 0 Å². The van der Waals surface area contributed by atoms with Gasteiger partial charge in [0, 0.05) is 0 Å². The van der Waals surface area contributed by atoms with Gasteiger partial charge in [0.2, 0.25) is 0 Å². The topological polar surface area (TPSA) is 26.0 Å². The minimum atomic E-state index is -2.78. The average Bonchev–Trinajstić information content (AvgIpc) is 2.91. The van der Waals surface area contributed by atoms with Gasteiger partial charge in [-0.2, -0.15) is 0 Å². The molecule has 2 rings (SSSR count). The lowest BCUT2D eigenvalue weighted by Gasteiger charge is -2.10. The van der Waals surface area contributed by atoms with E-state index in [1.165, 1.54) is 12.1 Å². The first-order valence-corrected chi connectivity index (χ1v) is 4.47. The first kappa shape index (κ1) is 9.37.